The molecule has 1 aromatic carbocycles. The van der Waals surface area contributed by atoms with Crippen molar-refractivity contribution in [2.45, 2.75) is 19.6 Å². The number of benzene rings is 1. The van der Waals surface area contributed by atoms with E-state index in [0.29, 0.717) is 6.54 Å². The molecule has 20 heavy (non-hydrogen) atoms. The van der Waals surface area contributed by atoms with Gasteiger partial charge in [0, 0.05) is 37.6 Å². The van der Waals surface area contributed by atoms with Crippen molar-refractivity contribution in [3.05, 3.63) is 59.4 Å². The molecule has 0 amide bonds. The standard InChI is InChI=1S/C16H21N3O/c1-19(11-13-5-7-18-8-6-13)12-15-9-14(10-17)3-4-16(15)20-2/h3-9H,10-12,17H2,1-2H3. The second-order valence-corrected chi connectivity index (χ2v) is 4.88. The molecule has 0 aliphatic heterocycles. The van der Waals surface area contributed by atoms with Gasteiger partial charge in [-0.1, -0.05) is 6.07 Å². The first-order valence-corrected chi connectivity index (χ1v) is 6.66. The molecule has 0 fully saturated rings. The molecule has 1 heterocycles. The zero-order valence-electron chi connectivity index (χ0n) is 12.0. The minimum Gasteiger partial charge on any atom is -0.496 e. The predicted octanol–water partition coefficient (Wildman–Crippen LogP) is 2.18. The number of ether oxygens (including phenoxy) is 1. The van der Waals surface area contributed by atoms with Crippen molar-refractivity contribution in [1.29, 1.82) is 0 Å². The lowest BCUT2D eigenvalue weighted by Gasteiger charge is -2.19. The van der Waals surface area contributed by atoms with E-state index in [1.54, 1.807) is 7.11 Å². The van der Waals surface area contributed by atoms with Crippen molar-refractivity contribution in [1.82, 2.24) is 9.88 Å². The summed E-state index contributed by atoms with van der Waals surface area (Å²) in [5.74, 6) is 0.906. The summed E-state index contributed by atoms with van der Waals surface area (Å²) >= 11 is 0. The van der Waals surface area contributed by atoms with Gasteiger partial charge in [0.05, 0.1) is 7.11 Å². The topological polar surface area (TPSA) is 51.4 Å². The Kier molecular flexibility index (Phi) is 5.09. The maximum Gasteiger partial charge on any atom is 0.123 e. The van der Waals surface area contributed by atoms with E-state index in [-0.39, 0.29) is 0 Å². The summed E-state index contributed by atoms with van der Waals surface area (Å²) < 4.78 is 5.42. The molecule has 0 radical (unpaired) electrons. The third-order valence-corrected chi connectivity index (χ3v) is 3.22. The van der Waals surface area contributed by atoms with E-state index in [1.807, 2.05) is 36.7 Å². The van der Waals surface area contributed by atoms with Crippen LogP contribution < -0.4 is 10.5 Å². The van der Waals surface area contributed by atoms with Crippen LogP contribution in [0.5, 0.6) is 5.75 Å². The van der Waals surface area contributed by atoms with Gasteiger partial charge in [0.2, 0.25) is 0 Å². The van der Waals surface area contributed by atoms with Crippen LogP contribution in [0.2, 0.25) is 0 Å². The average molecular weight is 271 g/mol. The monoisotopic (exact) mass is 271 g/mol. The summed E-state index contributed by atoms with van der Waals surface area (Å²) in [7, 11) is 3.79. The number of nitrogens with zero attached hydrogens (tertiary/aromatic N) is 2. The first kappa shape index (κ1) is 14.5. The molecule has 0 aliphatic rings. The molecule has 0 spiro atoms. The number of pyridine rings is 1. The molecule has 0 saturated carbocycles. The first-order valence-electron chi connectivity index (χ1n) is 6.66. The molecule has 2 N–H and O–H groups in total. The van der Waals surface area contributed by atoms with Crippen molar-refractivity contribution in [2.24, 2.45) is 5.73 Å². The molecule has 4 heteroatoms. The molecule has 2 rings (SSSR count). The van der Waals surface area contributed by atoms with Crippen LogP contribution in [-0.2, 0) is 19.6 Å². The van der Waals surface area contributed by atoms with Crippen LogP contribution in [0.1, 0.15) is 16.7 Å². The van der Waals surface area contributed by atoms with Crippen LogP contribution in [0, 0.1) is 0 Å². The zero-order valence-corrected chi connectivity index (χ0v) is 12.0. The SMILES string of the molecule is COc1ccc(CN)cc1CN(C)Cc1ccncc1. The molecule has 106 valence electrons. The van der Waals surface area contributed by atoms with E-state index in [4.69, 9.17) is 10.5 Å². The van der Waals surface area contributed by atoms with Gasteiger partial charge >= 0.3 is 0 Å². The maximum atomic E-state index is 5.70. The second kappa shape index (κ2) is 7.03. The lowest BCUT2D eigenvalue weighted by molar-refractivity contribution is 0.310. The number of aromatic nitrogens is 1. The van der Waals surface area contributed by atoms with E-state index >= 15 is 0 Å². The molecule has 1 aromatic heterocycles. The Morgan fingerprint density at radius 1 is 1.10 bits per heavy atom. The smallest absolute Gasteiger partial charge is 0.123 e. The highest BCUT2D eigenvalue weighted by atomic mass is 16.5. The van der Waals surface area contributed by atoms with Gasteiger partial charge in [0.1, 0.15) is 5.75 Å². The van der Waals surface area contributed by atoms with E-state index in [2.05, 4.69) is 23.0 Å². The molecule has 0 unspecified atom stereocenters. The molecule has 4 nitrogen and oxygen atoms in total. The minimum absolute atomic E-state index is 0.547. The Morgan fingerprint density at radius 3 is 2.50 bits per heavy atom. The van der Waals surface area contributed by atoms with Gasteiger partial charge < -0.3 is 10.5 Å². The van der Waals surface area contributed by atoms with Crippen LogP contribution in [0.3, 0.4) is 0 Å². The Bertz CT molecular complexity index is 543. The van der Waals surface area contributed by atoms with Gasteiger partial charge in [-0.05, 0) is 42.4 Å². The normalized spacial score (nSPS) is 10.8. The Labute approximate surface area is 120 Å². The first-order chi connectivity index (χ1) is 9.72. The van der Waals surface area contributed by atoms with E-state index in [1.165, 1.54) is 5.56 Å². The van der Waals surface area contributed by atoms with E-state index in [0.717, 1.165) is 30.0 Å². The lowest BCUT2D eigenvalue weighted by atomic mass is 10.1. The van der Waals surface area contributed by atoms with Crippen molar-refractivity contribution >= 4 is 0 Å². The van der Waals surface area contributed by atoms with Crippen molar-refractivity contribution in [2.75, 3.05) is 14.2 Å². The summed E-state index contributed by atoms with van der Waals surface area (Å²) in [6, 6.07) is 10.2. The van der Waals surface area contributed by atoms with Crippen LogP contribution in [0.25, 0.3) is 0 Å². The van der Waals surface area contributed by atoms with Crippen LogP contribution >= 0.6 is 0 Å². The van der Waals surface area contributed by atoms with Gasteiger partial charge in [0.25, 0.3) is 0 Å². The second-order valence-electron chi connectivity index (χ2n) is 4.88. The summed E-state index contributed by atoms with van der Waals surface area (Å²) in [5.41, 5.74) is 9.23. The molecular formula is C16H21N3O. The molecule has 0 bridgehead atoms. The van der Waals surface area contributed by atoms with Crippen molar-refractivity contribution in [3.63, 3.8) is 0 Å². The molecule has 0 atom stereocenters. The van der Waals surface area contributed by atoms with E-state index < -0.39 is 0 Å². The lowest BCUT2D eigenvalue weighted by Crippen LogP contribution is -2.18. The maximum absolute atomic E-state index is 5.70. The Balaban J connectivity index is 2.08. The summed E-state index contributed by atoms with van der Waals surface area (Å²) in [6.45, 7) is 2.24. The zero-order chi connectivity index (χ0) is 14.4. The molecule has 2 aromatic rings. The molecule has 0 saturated heterocycles. The number of hydrogen-bond donors (Lipinski definition) is 1. The third-order valence-electron chi connectivity index (χ3n) is 3.22. The van der Waals surface area contributed by atoms with Gasteiger partial charge in [0.15, 0.2) is 0 Å². The van der Waals surface area contributed by atoms with Crippen LogP contribution in [0.4, 0.5) is 0 Å². The average Bonchev–Trinajstić information content (AvgIpc) is 2.48. The van der Waals surface area contributed by atoms with Gasteiger partial charge in [-0.3, -0.25) is 9.88 Å². The number of rotatable bonds is 6. The van der Waals surface area contributed by atoms with Crippen molar-refractivity contribution < 1.29 is 4.74 Å². The highest BCUT2D eigenvalue weighted by molar-refractivity contribution is 5.37. The van der Waals surface area contributed by atoms with Crippen LogP contribution in [-0.4, -0.2) is 24.0 Å². The summed E-state index contributed by atoms with van der Waals surface area (Å²) in [4.78, 5) is 6.28. The predicted molar refractivity (Wildman–Crippen MR) is 80.3 cm³/mol. The van der Waals surface area contributed by atoms with Gasteiger partial charge in [-0.15, -0.1) is 0 Å². The molecular weight excluding hydrogens is 250 g/mol. The van der Waals surface area contributed by atoms with Gasteiger partial charge in [-0.2, -0.15) is 0 Å². The summed E-state index contributed by atoms with van der Waals surface area (Å²) in [6.07, 6.45) is 3.64. The van der Waals surface area contributed by atoms with E-state index in [9.17, 15) is 0 Å². The highest BCUT2D eigenvalue weighted by Gasteiger charge is 2.08. The number of methoxy groups -OCH3 is 1. The number of hydrogen-bond acceptors (Lipinski definition) is 4. The quantitative estimate of drug-likeness (QED) is 0.875. The Morgan fingerprint density at radius 2 is 1.85 bits per heavy atom. The fraction of sp³-hybridized carbons (Fsp3) is 0.312. The van der Waals surface area contributed by atoms with Crippen LogP contribution in [0.15, 0.2) is 42.7 Å². The third kappa shape index (κ3) is 3.79. The van der Waals surface area contributed by atoms with Gasteiger partial charge in [-0.25, -0.2) is 0 Å². The van der Waals surface area contributed by atoms with Crippen molar-refractivity contribution in [3.8, 4) is 5.75 Å². The Hall–Kier alpha value is -1.91. The fourth-order valence-corrected chi connectivity index (χ4v) is 2.23. The number of nitrogens with two attached hydrogens (primary N) is 1. The fourth-order valence-electron chi connectivity index (χ4n) is 2.23. The minimum atomic E-state index is 0.547. The highest BCUT2D eigenvalue weighted by Crippen LogP contribution is 2.21. The largest absolute Gasteiger partial charge is 0.496 e. The summed E-state index contributed by atoms with van der Waals surface area (Å²) in [5, 5.41) is 0. The molecule has 0 aliphatic carbocycles.